The molecule has 0 aromatic rings. The van der Waals surface area contributed by atoms with Gasteiger partial charge >= 0.3 is 0 Å². The fourth-order valence-electron chi connectivity index (χ4n) is 2.94. The molecule has 1 heterocycles. The number of rotatable bonds is 4. The third-order valence-corrected chi connectivity index (χ3v) is 3.83. The van der Waals surface area contributed by atoms with Gasteiger partial charge in [0.1, 0.15) is 0 Å². The van der Waals surface area contributed by atoms with Crippen LogP contribution in [0.1, 0.15) is 52.4 Å². The van der Waals surface area contributed by atoms with E-state index in [0.717, 1.165) is 19.3 Å². The Morgan fingerprint density at radius 2 is 2.06 bits per heavy atom. The lowest BCUT2D eigenvalue weighted by atomic mass is 9.94. The first-order chi connectivity index (χ1) is 8.65. The third kappa shape index (κ3) is 3.16. The van der Waals surface area contributed by atoms with E-state index in [1.807, 2.05) is 0 Å². The number of hydrogen-bond donors (Lipinski definition) is 0. The van der Waals surface area contributed by atoms with Crippen LogP contribution in [0.25, 0.3) is 10.4 Å². The molecular weight excluding hydrogens is 230 g/mol. The Hall–Kier alpha value is -0.770. The lowest BCUT2D eigenvalue weighted by Crippen LogP contribution is -2.35. The molecule has 1 spiro atoms. The monoisotopic (exact) mass is 253 g/mol. The normalized spacial score (nSPS) is 28.3. The number of azide groups is 1. The average Bonchev–Trinajstić information content (AvgIpc) is 2.73. The minimum atomic E-state index is -0.372. The van der Waals surface area contributed by atoms with E-state index in [2.05, 4.69) is 23.9 Å². The van der Waals surface area contributed by atoms with Crippen molar-refractivity contribution in [3.05, 3.63) is 10.4 Å². The molecule has 0 radical (unpaired) electrons. The van der Waals surface area contributed by atoms with Gasteiger partial charge in [-0.1, -0.05) is 25.4 Å². The molecule has 1 saturated carbocycles. The van der Waals surface area contributed by atoms with Crippen LogP contribution in [0.3, 0.4) is 0 Å². The van der Waals surface area contributed by atoms with Crippen molar-refractivity contribution >= 4 is 0 Å². The maximum absolute atomic E-state index is 8.67. The van der Waals surface area contributed by atoms with E-state index in [0.29, 0.717) is 12.5 Å². The van der Waals surface area contributed by atoms with Gasteiger partial charge in [0, 0.05) is 17.8 Å². The largest absolute Gasteiger partial charge is 0.347 e. The first-order valence-electron chi connectivity index (χ1n) is 7.01. The number of hydrogen-bond acceptors (Lipinski definition) is 3. The van der Waals surface area contributed by atoms with Gasteiger partial charge in [-0.15, -0.1) is 0 Å². The van der Waals surface area contributed by atoms with Crippen LogP contribution in [0, 0.1) is 5.92 Å². The predicted molar refractivity (Wildman–Crippen MR) is 69.0 cm³/mol. The highest BCUT2D eigenvalue weighted by molar-refractivity contribution is 4.88. The van der Waals surface area contributed by atoms with Gasteiger partial charge in [0.15, 0.2) is 5.79 Å². The molecule has 0 unspecified atom stereocenters. The van der Waals surface area contributed by atoms with Crippen molar-refractivity contribution < 1.29 is 9.47 Å². The molecule has 1 aliphatic heterocycles. The van der Waals surface area contributed by atoms with E-state index in [1.165, 1.54) is 19.3 Å². The second kappa shape index (κ2) is 5.91. The first kappa shape index (κ1) is 13.7. The zero-order chi connectivity index (χ0) is 13.0. The van der Waals surface area contributed by atoms with Crippen LogP contribution in [0.2, 0.25) is 0 Å². The second-order valence-electron chi connectivity index (χ2n) is 5.84. The Kier molecular flexibility index (Phi) is 4.49. The minimum Gasteiger partial charge on any atom is -0.347 e. The molecule has 102 valence electrons. The minimum absolute atomic E-state index is 0.0681. The molecule has 0 aromatic heterocycles. The highest BCUT2D eigenvalue weighted by Crippen LogP contribution is 2.39. The lowest BCUT2D eigenvalue weighted by molar-refractivity contribution is -0.188. The fourth-order valence-corrected chi connectivity index (χ4v) is 2.94. The first-order valence-corrected chi connectivity index (χ1v) is 7.01. The summed E-state index contributed by atoms with van der Waals surface area (Å²) < 4.78 is 12.0. The van der Waals surface area contributed by atoms with Crippen molar-refractivity contribution in [2.45, 2.75) is 70.3 Å². The van der Waals surface area contributed by atoms with Gasteiger partial charge in [-0.05, 0) is 30.7 Å². The molecule has 5 nitrogen and oxygen atoms in total. The highest BCUT2D eigenvalue weighted by atomic mass is 16.7. The summed E-state index contributed by atoms with van der Waals surface area (Å²) in [5, 5.41) is 3.90. The van der Waals surface area contributed by atoms with E-state index < -0.39 is 0 Å². The summed E-state index contributed by atoms with van der Waals surface area (Å²) in [5.41, 5.74) is 8.67. The summed E-state index contributed by atoms with van der Waals surface area (Å²) >= 11 is 0. The smallest absolute Gasteiger partial charge is 0.168 e. The quantitative estimate of drug-likeness (QED) is 0.434. The Bertz CT molecular complexity index is 320. The molecule has 1 saturated heterocycles. The molecule has 5 heteroatoms. The van der Waals surface area contributed by atoms with E-state index in [4.69, 9.17) is 15.0 Å². The third-order valence-electron chi connectivity index (χ3n) is 3.83. The van der Waals surface area contributed by atoms with Crippen LogP contribution in [-0.4, -0.2) is 24.5 Å². The molecule has 0 bridgehead atoms. The molecule has 0 N–H and O–H groups in total. The number of ether oxygens (including phenoxy) is 2. The SMILES string of the molecule is CC(C)C[C@@H](N=[N+]=[N-])[C@H]1COC2(CCCCC2)O1. The van der Waals surface area contributed by atoms with Crippen molar-refractivity contribution in [3.63, 3.8) is 0 Å². The van der Waals surface area contributed by atoms with Gasteiger partial charge < -0.3 is 9.47 Å². The van der Waals surface area contributed by atoms with Gasteiger partial charge in [0.25, 0.3) is 0 Å². The summed E-state index contributed by atoms with van der Waals surface area (Å²) in [4.78, 5) is 2.96. The zero-order valence-corrected chi connectivity index (χ0v) is 11.3. The summed E-state index contributed by atoms with van der Waals surface area (Å²) in [6, 6.07) is -0.101. The maximum atomic E-state index is 8.67. The van der Waals surface area contributed by atoms with E-state index >= 15 is 0 Å². The standard InChI is InChI=1S/C13H23N3O2/c1-10(2)8-11(15-16-14)12-9-17-13(18-12)6-4-3-5-7-13/h10-12H,3-9H2,1-2H3/t11-,12-/m1/s1. The molecule has 2 aliphatic rings. The molecular formula is C13H23N3O2. The molecule has 18 heavy (non-hydrogen) atoms. The Morgan fingerprint density at radius 1 is 1.33 bits per heavy atom. The molecule has 1 aliphatic carbocycles. The Labute approximate surface area is 108 Å². The van der Waals surface area contributed by atoms with E-state index in [1.54, 1.807) is 0 Å². The molecule has 0 amide bonds. The Morgan fingerprint density at radius 3 is 2.67 bits per heavy atom. The molecule has 2 rings (SSSR count). The van der Waals surface area contributed by atoms with Crippen molar-refractivity contribution in [2.75, 3.05) is 6.61 Å². The van der Waals surface area contributed by atoms with Crippen LogP contribution in [-0.2, 0) is 9.47 Å². The average molecular weight is 253 g/mol. The summed E-state index contributed by atoms with van der Waals surface area (Å²) in [7, 11) is 0. The topological polar surface area (TPSA) is 67.2 Å². The lowest BCUT2D eigenvalue weighted by Gasteiger charge is -2.32. The summed E-state index contributed by atoms with van der Waals surface area (Å²) in [6.45, 7) is 4.83. The number of nitrogens with zero attached hydrogens (tertiary/aromatic N) is 3. The van der Waals surface area contributed by atoms with Gasteiger partial charge in [-0.25, -0.2) is 0 Å². The van der Waals surface area contributed by atoms with Crippen molar-refractivity contribution in [1.82, 2.24) is 0 Å². The molecule has 2 fully saturated rings. The Balaban J connectivity index is 1.98. The highest BCUT2D eigenvalue weighted by Gasteiger charge is 2.44. The van der Waals surface area contributed by atoms with E-state index in [-0.39, 0.29) is 17.9 Å². The fraction of sp³-hybridized carbons (Fsp3) is 1.00. The van der Waals surface area contributed by atoms with Crippen LogP contribution < -0.4 is 0 Å². The van der Waals surface area contributed by atoms with Crippen molar-refractivity contribution in [3.8, 4) is 0 Å². The van der Waals surface area contributed by atoms with Gasteiger partial charge in [0.05, 0.1) is 18.8 Å². The molecule has 2 atom stereocenters. The van der Waals surface area contributed by atoms with Crippen LogP contribution in [0.15, 0.2) is 5.11 Å². The van der Waals surface area contributed by atoms with Crippen molar-refractivity contribution in [1.29, 1.82) is 0 Å². The van der Waals surface area contributed by atoms with Crippen LogP contribution in [0.4, 0.5) is 0 Å². The van der Waals surface area contributed by atoms with Gasteiger partial charge in [0.2, 0.25) is 0 Å². The van der Waals surface area contributed by atoms with Crippen LogP contribution >= 0.6 is 0 Å². The van der Waals surface area contributed by atoms with Crippen molar-refractivity contribution in [2.24, 2.45) is 11.0 Å². The second-order valence-corrected chi connectivity index (χ2v) is 5.84. The van der Waals surface area contributed by atoms with E-state index in [9.17, 15) is 0 Å². The summed E-state index contributed by atoms with van der Waals surface area (Å²) in [6.07, 6.45) is 6.36. The summed E-state index contributed by atoms with van der Waals surface area (Å²) in [5.74, 6) is 0.121. The molecule has 0 aromatic carbocycles. The van der Waals surface area contributed by atoms with Gasteiger partial charge in [-0.2, -0.15) is 0 Å². The maximum Gasteiger partial charge on any atom is 0.168 e. The van der Waals surface area contributed by atoms with Gasteiger partial charge in [-0.3, -0.25) is 0 Å². The zero-order valence-electron chi connectivity index (χ0n) is 11.3. The predicted octanol–water partition coefficient (Wildman–Crippen LogP) is 3.79. The van der Waals surface area contributed by atoms with Crippen LogP contribution in [0.5, 0.6) is 0 Å².